The lowest BCUT2D eigenvalue weighted by Crippen LogP contribution is -2.34. The predicted octanol–water partition coefficient (Wildman–Crippen LogP) is 5.91. The maximum Gasteiger partial charge on any atom is 0.573 e. The molecule has 222 valence electrons. The number of amides is 2. The van der Waals surface area contributed by atoms with Gasteiger partial charge in [0, 0.05) is 25.0 Å². The molecule has 1 heterocycles. The zero-order valence-electron chi connectivity index (χ0n) is 22.8. The molecule has 0 aliphatic carbocycles. The normalized spacial score (nSPS) is 14.8. The first kappa shape index (κ1) is 30.6. The van der Waals surface area contributed by atoms with Crippen LogP contribution in [0.4, 0.5) is 30.2 Å². The van der Waals surface area contributed by atoms with E-state index in [4.69, 9.17) is 10.5 Å². The number of hydrogen-bond donors (Lipinski definition) is 4. The Morgan fingerprint density at radius 1 is 0.976 bits per heavy atom. The Balaban J connectivity index is 1.42. The molecule has 0 spiro atoms. The highest BCUT2D eigenvalue weighted by Crippen LogP contribution is 2.25. The predicted molar refractivity (Wildman–Crippen MR) is 156 cm³/mol. The minimum atomic E-state index is -4.80. The Hall–Kier alpha value is -4.35. The summed E-state index contributed by atoms with van der Waals surface area (Å²) in [4.78, 5) is 25.7. The highest BCUT2D eigenvalue weighted by molar-refractivity contribution is 6.03. The number of nitrogens with two attached hydrogens (primary N) is 1. The molecule has 1 saturated heterocycles. The van der Waals surface area contributed by atoms with Crippen molar-refractivity contribution in [3.8, 4) is 5.75 Å². The van der Waals surface area contributed by atoms with Gasteiger partial charge in [-0.1, -0.05) is 36.4 Å². The largest absolute Gasteiger partial charge is 0.573 e. The highest BCUT2D eigenvalue weighted by atomic mass is 19.4. The number of anilines is 3. The van der Waals surface area contributed by atoms with E-state index in [2.05, 4.69) is 20.7 Å². The van der Waals surface area contributed by atoms with Crippen molar-refractivity contribution < 1.29 is 32.2 Å². The molecule has 0 aromatic heterocycles. The summed E-state index contributed by atoms with van der Waals surface area (Å²) in [6, 6.07) is 18.4. The molecule has 42 heavy (non-hydrogen) atoms. The second-order valence-corrected chi connectivity index (χ2v) is 9.87. The van der Waals surface area contributed by atoms with Crippen molar-refractivity contribution in [2.45, 2.75) is 31.7 Å². The quantitative estimate of drug-likeness (QED) is 0.165. The summed E-state index contributed by atoms with van der Waals surface area (Å²) in [6.07, 6.45) is 1.05. The average molecular weight is 583 g/mol. The summed E-state index contributed by atoms with van der Waals surface area (Å²) >= 11 is 0. The van der Waals surface area contributed by atoms with Crippen molar-refractivity contribution in [3.05, 3.63) is 90.0 Å². The van der Waals surface area contributed by atoms with E-state index in [1.807, 2.05) is 0 Å². The number of carbonyl (C=O) groups excluding carboxylic acids is 2. The number of benzene rings is 3. The first-order valence-electron chi connectivity index (χ1n) is 13.6. The Morgan fingerprint density at radius 2 is 1.67 bits per heavy atom. The number of alkyl halides is 3. The van der Waals surface area contributed by atoms with Crippen molar-refractivity contribution in [3.63, 3.8) is 0 Å². The molecule has 1 atom stereocenters. The summed E-state index contributed by atoms with van der Waals surface area (Å²) in [7, 11) is 0. The van der Waals surface area contributed by atoms with Gasteiger partial charge in [0.05, 0.1) is 11.4 Å². The van der Waals surface area contributed by atoms with E-state index < -0.39 is 12.4 Å². The first-order valence-corrected chi connectivity index (χ1v) is 13.6. The Bertz CT molecular complexity index is 1360. The topological polar surface area (TPSA) is 115 Å². The van der Waals surface area contributed by atoms with Gasteiger partial charge in [0.2, 0.25) is 11.8 Å². The molecule has 3 aromatic carbocycles. The minimum Gasteiger partial charge on any atom is -0.406 e. The molecular weight excluding hydrogens is 549 g/mol. The van der Waals surface area contributed by atoms with Crippen LogP contribution < -0.4 is 26.4 Å². The SMILES string of the molecule is Nc1ccccc1NC(=O)C=Cc1ccc(C(NCCC2CCOCC2)C(=O)Nc2ccc(OC(F)(F)F)cc2)cc1. The standard InChI is InChI=1S/C31H33F3N4O4/c32-31(33,34)42-25-12-10-24(11-13-25)37-30(40)29(36-18-15-22-16-19-41-20-17-22)23-8-5-21(6-9-23)7-14-28(39)38-27-4-2-1-3-26(27)35/h1-14,22,29,36H,15-20,35H2,(H,37,40)(H,38,39). The van der Waals surface area contributed by atoms with E-state index in [9.17, 15) is 22.8 Å². The average Bonchev–Trinajstić information content (AvgIpc) is 2.97. The lowest BCUT2D eigenvalue weighted by Gasteiger charge is -2.24. The van der Waals surface area contributed by atoms with Gasteiger partial charge in [-0.2, -0.15) is 0 Å². The fourth-order valence-corrected chi connectivity index (χ4v) is 4.54. The number of nitrogens with one attached hydrogen (secondary N) is 3. The number of rotatable bonds is 11. The maximum atomic E-state index is 13.3. The van der Waals surface area contributed by atoms with E-state index in [1.165, 1.54) is 18.2 Å². The van der Waals surface area contributed by atoms with Crippen LogP contribution >= 0.6 is 0 Å². The molecule has 8 nitrogen and oxygen atoms in total. The lowest BCUT2D eigenvalue weighted by atomic mass is 9.96. The summed E-state index contributed by atoms with van der Waals surface area (Å²) in [5.74, 6) is -0.581. The lowest BCUT2D eigenvalue weighted by molar-refractivity contribution is -0.274. The van der Waals surface area contributed by atoms with E-state index in [1.54, 1.807) is 54.6 Å². The molecule has 2 amide bonds. The summed E-state index contributed by atoms with van der Waals surface area (Å²) in [6.45, 7) is 2.05. The molecule has 11 heteroatoms. The van der Waals surface area contributed by atoms with Crippen molar-refractivity contribution in [2.24, 2.45) is 5.92 Å². The highest BCUT2D eigenvalue weighted by Gasteiger charge is 2.31. The molecular formula is C31H33F3N4O4. The third-order valence-corrected chi connectivity index (χ3v) is 6.78. The van der Waals surface area contributed by atoms with E-state index in [0.717, 1.165) is 50.2 Å². The van der Waals surface area contributed by atoms with Gasteiger partial charge in [0.25, 0.3) is 0 Å². The van der Waals surface area contributed by atoms with Crippen LogP contribution in [0.2, 0.25) is 0 Å². The zero-order valence-corrected chi connectivity index (χ0v) is 22.8. The fourth-order valence-electron chi connectivity index (χ4n) is 4.54. The third kappa shape index (κ3) is 9.64. The fraction of sp³-hybridized carbons (Fsp3) is 0.290. The first-order chi connectivity index (χ1) is 20.2. The maximum absolute atomic E-state index is 13.3. The molecule has 4 rings (SSSR count). The molecule has 0 bridgehead atoms. The number of nitrogen functional groups attached to an aromatic ring is 1. The van der Waals surface area contributed by atoms with Gasteiger partial charge >= 0.3 is 6.36 Å². The van der Waals surface area contributed by atoms with E-state index in [0.29, 0.717) is 35.1 Å². The van der Waals surface area contributed by atoms with Crippen LogP contribution in [0.5, 0.6) is 5.75 Å². The molecule has 0 saturated carbocycles. The van der Waals surface area contributed by atoms with Gasteiger partial charge in [-0.25, -0.2) is 0 Å². The van der Waals surface area contributed by atoms with Crippen molar-refractivity contribution in [2.75, 3.05) is 36.1 Å². The number of ether oxygens (including phenoxy) is 2. The van der Waals surface area contributed by atoms with Gasteiger partial charge in [-0.15, -0.1) is 13.2 Å². The minimum absolute atomic E-state index is 0.329. The van der Waals surface area contributed by atoms with Gasteiger partial charge < -0.3 is 31.2 Å². The second-order valence-electron chi connectivity index (χ2n) is 9.87. The molecule has 0 radical (unpaired) electrons. The molecule has 3 aromatic rings. The molecule has 1 fully saturated rings. The third-order valence-electron chi connectivity index (χ3n) is 6.78. The van der Waals surface area contributed by atoms with Gasteiger partial charge in [0.15, 0.2) is 0 Å². The van der Waals surface area contributed by atoms with Crippen LogP contribution in [0.15, 0.2) is 78.9 Å². The molecule has 5 N–H and O–H groups in total. The van der Waals surface area contributed by atoms with Crippen molar-refractivity contribution in [1.82, 2.24) is 5.32 Å². The van der Waals surface area contributed by atoms with Crippen molar-refractivity contribution in [1.29, 1.82) is 0 Å². The number of para-hydroxylation sites is 2. The van der Waals surface area contributed by atoms with Crippen LogP contribution in [0.25, 0.3) is 6.08 Å². The van der Waals surface area contributed by atoms with Crippen molar-refractivity contribution >= 4 is 35.0 Å². The van der Waals surface area contributed by atoms with Crippen LogP contribution in [0, 0.1) is 5.92 Å². The number of hydrogen-bond acceptors (Lipinski definition) is 6. The monoisotopic (exact) mass is 582 g/mol. The number of halogens is 3. The Kier molecular flexibility index (Phi) is 10.6. The number of carbonyl (C=O) groups is 2. The van der Waals surface area contributed by atoms with Crippen LogP contribution in [-0.4, -0.2) is 37.9 Å². The van der Waals surface area contributed by atoms with Gasteiger partial charge in [-0.05, 0) is 85.3 Å². The van der Waals surface area contributed by atoms with Crippen LogP contribution in [0.1, 0.15) is 36.4 Å². The molecule has 1 aliphatic heterocycles. The summed E-state index contributed by atoms with van der Waals surface area (Å²) < 4.78 is 46.8. The molecule has 1 unspecified atom stereocenters. The van der Waals surface area contributed by atoms with Gasteiger partial charge in [-0.3, -0.25) is 9.59 Å². The Labute approximate surface area is 242 Å². The van der Waals surface area contributed by atoms with Gasteiger partial charge in [0.1, 0.15) is 11.8 Å². The van der Waals surface area contributed by atoms with E-state index in [-0.39, 0.29) is 17.6 Å². The Morgan fingerprint density at radius 3 is 2.33 bits per heavy atom. The molecule has 1 aliphatic rings. The van der Waals surface area contributed by atoms with E-state index >= 15 is 0 Å². The second kappa shape index (κ2) is 14.5. The smallest absolute Gasteiger partial charge is 0.406 e. The van der Waals surface area contributed by atoms with Crippen LogP contribution in [-0.2, 0) is 14.3 Å². The van der Waals surface area contributed by atoms with Crippen LogP contribution in [0.3, 0.4) is 0 Å². The summed E-state index contributed by atoms with van der Waals surface area (Å²) in [5.41, 5.74) is 8.62. The zero-order chi connectivity index (χ0) is 30.0. The summed E-state index contributed by atoms with van der Waals surface area (Å²) in [5, 5.41) is 8.82.